The summed E-state index contributed by atoms with van der Waals surface area (Å²) in [5.41, 5.74) is 2.71. The molecule has 0 spiro atoms. The van der Waals surface area contributed by atoms with E-state index in [1.54, 1.807) is 0 Å². The van der Waals surface area contributed by atoms with Gasteiger partial charge in [-0.15, -0.1) is 0 Å². The van der Waals surface area contributed by atoms with Gasteiger partial charge in [-0.25, -0.2) is 0 Å². The van der Waals surface area contributed by atoms with E-state index in [0.29, 0.717) is 6.04 Å². The molecule has 0 radical (unpaired) electrons. The second kappa shape index (κ2) is 7.96. The molecule has 0 bridgehead atoms. The van der Waals surface area contributed by atoms with Crippen molar-refractivity contribution < 1.29 is 0 Å². The number of aryl methyl sites for hydroxylation is 1. The fraction of sp³-hybridized carbons (Fsp3) is 0.294. The van der Waals surface area contributed by atoms with Crippen molar-refractivity contribution in [3.05, 3.63) is 68.6 Å². The van der Waals surface area contributed by atoms with Gasteiger partial charge in [0.1, 0.15) is 0 Å². The van der Waals surface area contributed by atoms with Crippen molar-refractivity contribution in [2.75, 3.05) is 6.54 Å². The molecule has 1 atom stereocenters. The summed E-state index contributed by atoms with van der Waals surface area (Å²) < 4.78 is 2.29. The lowest BCUT2D eigenvalue weighted by Crippen LogP contribution is -2.22. The van der Waals surface area contributed by atoms with Crippen molar-refractivity contribution in [2.24, 2.45) is 0 Å². The minimum absolute atomic E-state index is 0.368. The molecule has 1 N–H and O–H groups in total. The Bertz CT molecular complexity index is 540. The number of hydrogen-bond acceptors (Lipinski definition) is 1. The molecule has 106 valence electrons. The fourth-order valence-electron chi connectivity index (χ4n) is 2.35. The Labute approximate surface area is 138 Å². The zero-order chi connectivity index (χ0) is 14.4. The number of hydrogen-bond donors (Lipinski definition) is 1. The Morgan fingerprint density at radius 2 is 1.80 bits per heavy atom. The zero-order valence-corrected chi connectivity index (χ0v) is 14.7. The third-order valence-corrected chi connectivity index (χ3v) is 4.56. The molecule has 1 unspecified atom stereocenters. The fourth-order valence-corrected chi connectivity index (χ4v) is 3.25. The maximum Gasteiger partial charge on any atom is 0.0334 e. The number of benzene rings is 2. The molecule has 0 fully saturated rings. The highest BCUT2D eigenvalue weighted by molar-refractivity contribution is 9.11. The molecule has 0 saturated carbocycles. The minimum Gasteiger partial charge on any atom is -0.310 e. The summed E-state index contributed by atoms with van der Waals surface area (Å²) in [7, 11) is 0. The SMILES string of the molecule is CCNC(CCc1ccccc1)c1cc(Br)ccc1Br. The van der Waals surface area contributed by atoms with Gasteiger partial charge in [-0.05, 0) is 48.7 Å². The zero-order valence-electron chi connectivity index (χ0n) is 11.6. The summed E-state index contributed by atoms with van der Waals surface area (Å²) in [6.45, 7) is 3.12. The average molecular weight is 397 g/mol. The van der Waals surface area contributed by atoms with Crippen molar-refractivity contribution >= 4 is 31.9 Å². The van der Waals surface area contributed by atoms with E-state index in [4.69, 9.17) is 0 Å². The van der Waals surface area contributed by atoms with E-state index in [1.807, 2.05) is 0 Å². The maximum absolute atomic E-state index is 3.67. The first-order chi connectivity index (χ1) is 9.70. The third kappa shape index (κ3) is 4.44. The molecular weight excluding hydrogens is 378 g/mol. The minimum atomic E-state index is 0.368. The topological polar surface area (TPSA) is 12.0 Å². The van der Waals surface area contributed by atoms with Gasteiger partial charge in [0.05, 0.1) is 0 Å². The van der Waals surface area contributed by atoms with Crippen molar-refractivity contribution in [1.82, 2.24) is 5.32 Å². The van der Waals surface area contributed by atoms with E-state index in [-0.39, 0.29) is 0 Å². The molecule has 2 aromatic rings. The maximum atomic E-state index is 3.67. The van der Waals surface area contributed by atoms with Gasteiger partial charge in [-0.1, -0.05) is 69.1 Å². The molecule has 0 amide bonds. The van der Waals surface area contributed by atoms with Crippen LogP contribution in [0.25, 0.3) is 0 Å². The van der Waals surface area contributed by atoms with Gasteiger partial charge < -0.3 is 5.32 Å². The summed E-state index contributed by atoms with van der Waals surface area (Å²) in [6.07, 6.45) is 2.17. The van der Waals surface area contributed by atoms with Crippen LogP contribution in [0.5, 0.6) is 0 Å². The molecule has 0 aromatic heterocycles. The summed E-state index contributed by atoms with van der Waals surface area (Å²) in [4.78, 5) is 0. The second-order valence-electron chi connectivity index (χ2n) is 4.80. The summed E-state index contributed by atoms with van der Waals surface area (Å²) >= 11 is 7.23. The van der Waals surface area contributed by atoms with Gasteiger partial charge in [0.15, 0.2) is 0 Å². The van der Waals surface area contributed by atoms with Gasteiger partial charge >= 0.3 is 0 Å². The predicted octanol–water partition coefficient (Wildman–Crippen LogP) is 5.50. The van der Waals surface area contributed by atoms with Crippen molar-refractivity contribution in [3.8, 4) is 0 Å². The lowest BCUT2D eigenvalue weighted by Gasteiger charge is -2.20. The number of rotatable bonds is 6. The van der Waals surface area contributed by atoms with Crippen LogP contribution in [-0.2, 0) is 6.42 Å². The molecule has 1 nitrogen and oxygen atoms in total. The van der Waals surface area contributed by atoms with E-state index >= 15 is 0 Å². The van der Waals surface area contributed by atoms with E-state index < -0.39 is 0 Å². The van der Waals surface area contributed by atoms with Crippen LogP contribution in [0.4, 0.5) is 0 Å². The molecule has 0 heterocycles. The molecule has 0 aliphatic rings. The van der Waals surface area contributed by atoms with Gasteiger partial charge in [-0.2, -0.15) is 0 Å². The Morgan fingerprint density at radius 1 is 1.05 bits per heavy atom. The van der Waals surface area contributed by atoms with E-state index in [9.17, 15) is 0 Å². The molecule has 2 rings (SSSR count). The van der Waals surface area contributed by atoms with Crippen LogP contribution in [-0.4, -0.2) is 6.54 Å². The average Bonchev–Trinajstić information content (AvgIpc) is 2.47. The van der Waals surface area contributed by atoms with Crippen LogP contribution in [0.2, 0.25) is 0 Å². The summed E-state index contributed by atoms with van der Waals surface area (Å²) in [5.74, 6) is 0. The van der Waals surface area contributed by atoms with Gasteiger partial charge in [-0.3, -0.25) is 0 Å². The lowest BCUT2D eigenvalue weighted by atomic mass is 9.99. The first kappa shape index (κ1) is 15.7. The monoisotopic (exact) mass is 395 g/mol. The van der Waals surface area contributed by atoms with Crippen LogP contribution in [0, 0.1) is 0 Å². The van der Waals surface area contributed by atoms with Crippen LogP contribution in [0.15, 0.2) is 57.5 Å². The van der Waals surface area contributed by atoms with E-state index in [1.165, 1.54) is 15.6 Å². The largest absolute Gasteiger partial charge is 0.310 e. The molecule has 0 aliphatic heterocycles. The van der Waals surface area contributed by atoms with Crippen molar-refractivity contribution in [2.45, 2.75) is 25.8 Å². The highest BCUT2D eigenvalue weighted by Gasteiger charge is 2.14. The van der Waals surface area contributed by atoms with Gasteiger partial charge in [0.25, 0.3) is 0 Å². The Balaban J connectivity index is 2.12. The van der Waals surface area contributed by atoms with Crippen molar-refractivity contribution in [1.29, 1.82) is 0 Å². The lowest BCUT2D eigenvalue weighted by molar-refractivity contribution is 0.513. The third-order valence-electron chi connectivity index (χ3n) is 3.35. The molecule has 20 heavy (non-hydrogen) atoms. The first-order valence-corrected chi connectivity index (χ1v) is 8.51. The molecule has 0 aliphatic carbocycles. The summed E-state index contributed by atoms with van der Waals surface area (Å²) in [6, 6.07) is 17.4. The van der Waals surface area contributed by atoms with Crippen molar-refractivity contribution in [3.63, 3.8) is 0 Å². The van der Waals surface area contributed by atoms with E-state index in [0.717, 1.165) is 23.9 Å². The molecule has 2 aromatic carbocycles. The highest BCUT2D eigenvalue weighted by Crippen LogP contribution is 2.29. The first-order valence-electron chi connectivity index (χ1n) is 6.93. The highest BCUT2D eigenvalue weighted by atomic mass is 79.9. The standard InChI is InChI=1S/C17H19Br2N/c1-2-20-17(11-8-13-6-4-3-5-7-13)15-12-14(18)9-10-16(15)19/h3-7,9-10,12,17,20H,2,8,11H2,1H3. The normalized spacial score (nSPS) is 12.3. The van der Waals surface area contributed by atoms with Crippen LogP contribution < -0.4 is 5.32 Å². The molecular formula is C17H19Br2N. The predicted molar refractivity (Wildman–Crippen MR) is 93.0 cm³/mol. The van der Waals surface area contributed by atoms with Crippen LogP contribution >= 0.6 is 31.9 Å². The van der Waals surface area contributed by atoms with Gasteiger partial charge in [0.2, 0.25) is 0 Å². The van der Waals surface area contributed by atoms with E-state index in [2.05, 4.69) is 92.6 Å². The second-order valence-corrected chi connectivity index (χ2v) is 6.57. The van der Waals surface area contributed by atoms with Crippen LogP contribution in [0.1, 0.15) is 30.5 Å². The summed E-state index contributed by atoms with van der Waals surface area (Å²) in [5, 5.41) is 3.59. The Kier molecular flexibility index (Phi) is 6.27. The quantitative estimate of drug-likeness (QED) is 0.680. The number of halogens is 2. The smallest absolute Gasteiger partial charge is 0.0334 e. The Hall–Kier alpha value is -0.640. The van der Waals surface area contributed by atoms with Gasteiger partial charge in [0, 0.05) is 15.0 Å². The Morgan fingerprint density at radius 3 is 2.50 bits per heavy atom. The number of nitrogens with one attached hydrogen (secondary N) is 1. The molecule has 3 heteroatoms. The molecule has 0 saturated heterocycles. The van der Waals surface area contributed by atoms with Crippen LogP contribution in [0.3, 0.4) is 0 Å².